The maximum absolute atomic E-state index is 11.1. The number of ether oxygens (including phenoxy) is 2. The van der Waals surface area contributed by atoms with E-state index in [0.717, 1.165) is 7.11 Å². The summed E-state index contributed by atoms with van der Waals surface area (Å²) in [5.74, 6) is -0.808. The lowest BCUT2D eigenvalue weighted by molar-refractivity contribution is -0.149. The molecule has 0 spiro atoms. The molecule has 0 aromatic heterocycles. The van der Waals surface area contributed by atoms with E-state index in [4.69, 9.17) is 10.5 Å². The standard InChI is InChI=1S/C9H17NO6/c1-3-5(11)7(13)8(16-3)6(12)4(10)9(14)15-2/h3-8,11-13H,10H2,1-2H3/t3-,4?,5?,6?,7-,8+/m0/s1. The summed E-state index contributed by atoms with van der Waals surface area (Å²) in [6, 6.07) is -1.32. The number of methoxy groups -OCH3 is 1. The lowest BCUT2D eigenvalue weighted by atomic mass is 10.00. The van der Waals surface area contributed by atoms with E-state index in [-0.39, 0.29) is 0 Å². The number of carbonyl (C=O) groups excluding carboxylic acids is 1. The van der Waals surface area contributed by atoms with Crippen molar-refractivity contribution in [2.45, 2.75) is 43.5 Å². The Kier molecular flexibility index (Phi) is 4.22. The van der Waals surface area contributed by atoms with E-state index in [1.165, 1.54) is 0 Å². The van der Waals surface area contributed by atoms with Gasteiger partial charge in [0.25, 0.3) is 0 Å². The van der Waals surface area contributed by atoms with E-state index in [1.807, 2.05) is 0 Å². The van der Waals surface area contributed by atoms with Gasteiger partial charge in [-0.3, -0.25) is 4.79 Å². The van der Waals surface area contributed by atoms with Crippen LogP contribution in [0.5, 0.6) is 0 Å². The zero-order chi connectivity index (χ0) is 12.5. The minimum atomic E-state index is -1.43. The van der Waals surface area contributed by atoms with Gasteiger partial charge in [0.2, 0.25) is 0 Å². The lowest BCUT2D eigenvalue weighted by Crippen LogP contribution is -2.52. The van der Waals surface area contributed by atoms with E-state index in [0.29, 0.717) is 0 Å². The second-order valence-corrected chi connectivity index (χ2v) is 3.83. The van der Waals surface area contributed by atoms with Crippen LogP contribution >= 0.6 is 0 Å². The molecule has 1 aliphatic heterocycles. The van der Waals surface area contributed by atoms with Gasteiger partial charge < -0.3 is 30.5 Å². The maximum Gasteiger partial charge on any atom is 0.325 e. The van der Waals surface area contributed by atoms with Crippen LogP contribution in [0.2, 0.25) is 0 Å². The van der Waals surface area contributed by atoms with Gasteiger partial charge >= 0.3 is 5.97 Å². The number of aliphatic hydroxyl groups excluding tert-OH is 3. The van der Waals surface area contributed by atoms with E-state index in [9.17, 15) is 20.1 Å². The Morgan fingerprint density at radius 3 is 2.38 bits per heavy atom. The van der Waals surface area contributed by atoms with Crippen LogP contribution in [0.1, 0.15) is 6.92 Å². The Balaban J connectivity index is 2.68. The fourth-order valence-electron chi connectivity index (χ4n) is 1.64. The van der Waals surface area contributed by atoms with E-state index in [1.54, 1.807) is 6.92 Å². The molecule has 94 valence electrons. The van der Waals surface area contributed by atoms with Crippen LogP contribution in [0.3, 0.4) is 0 Å². The van der Waals surface area contributed by atoms with Crippen molar-refractivity contribution in [3.8, 4) is 0 Å². The van der Waals surface area contributed by atoms with E-state index in [2.05, 4.69) is 4.74 Å². The Bertz CT molecular complexity index is 260. The number of esters is 1. The summed E-state index contributed by atoms with van der Waals surface area (Å²) in [6.07, 6.45) is -5.54. The first-order valence-electron chi connectivity index (χ1n) is 4.93. The maximum atomic E-state index is 11.1. The topological polar surface area (TPSA) is 122 Å². The number of rotatable bonds is 3. The molecule has 1 aliphatic rings. The normalized spacial score (nSPS) is 38.1. The van der Waals surface area contributed by atoms with Gasteiger partial charge in [0.15, 0.2) is 0 Å². The minimum Gasteiger partial charge on any atom is -0.468 e. The molecule has 0 aromatic carbocycles. The average Bonchev–Trinajstić information content (AvgIpc) is 2.54. The van der Waals surface area contributed by atoms with Gasteiger partial charge in [0.05, 0.1) is 13.2 Å². The lowest BCUT2D eigenvalue weighted by Gasteiger charge is -2.24. The molecule has 1 fully saturated rings. The van der Waals surface area contributed by atoms with Crippen molar-refractivity contribution in [3.05, 3.63) is 0 Å². The van der Waals surface area contributed by atoms with Crippen LogP contribution in [-0.2, 0) is 14.3 Å². The first kappa shape index (κ1) is 13.3. The third-order valence-electron chi connectivity index (χ3n) is 2.72. The quantitative estimate of drug-likeness (QED) is 0.394. The molecule has 5 N–H and O–H groups in total. The molecule has 0 bridgehead atoms. The Labute approximate surface area is 92.8 Å². The van der Waals surface area contributed by atoms with Crippen LogP contribution in [0.4, 0.5) is 0 Å². The van der Waals surface area contributed by atoms with Crippen LogP contribution in [0, 0.1) is 0 Å². The van der Waals surface area contributed by atoms with Crippen molar-refractivity contribution in [1.29, 1.82) is 0 Å². The number of nitrogens with two attached hydrogens (primary N) is 1. The monoisotopic (exact) mass is 235 g/mol. The van der Waals surface area contributed by atoms with Crippen molar-refractivity contribution < 1.29 is 29.6 Å². The van der Waals surface area contributed by atoms with Crippen molar-refractivity contribution >= 4 is 5.97 Å². The number of aliphatic hydroxyl groups is 3. The molecule has 6 atom stereocenters. The third-order valence-corrected chi connectivity index (χ3v) is 2.72. The van der Waals surface area contributed by atoms with Gasteiger partial charge in [-0.15, -0.1) is 0 Å². The minimum absolute atomic E-state index is 0.625. The highest BCUT2D eigenvalue weighted by molar-refractivity contribution is 5.76. The molecule has 1 saturated heterocycles. The van der Waals surface area contributed by atoms with Gasteiger partial charge in [-0.1, -0.05) is 0 Å². The van der Waals surface area contributed by atoms with Crippen LogP contribution in [-0.4, -0.2) is 65.0 Å². The molecular weight excluding hydrogens is 218 g/mol. The van der Waals surface area contributed by atoms with Gasteiger partial charge in [-0.2, -0.15) is 0 Å². The summed E-state index contributed by atoms with van der Waals surface area (Å²) in [4.78, 5) is 11.1. The molecule has 0 saturated carbocycles. The number of hydrogen-bond acceptors (Lipinski definition) is 7. The molecular formula is C9H17NO6. The molecule has 0 amide bonds. The predicted molar refractivity (Wildman–Crippen MR) is 52.3 cm³/mol. The summed E-state index contributed by atoms with van der Waals surface area (Å²) in [5.41, 5.74) is 5.41. The second kappa shape index (κ2) is 5.07. The Morgan fingerprint density at radius 2 is 2.00 bits per heavy atom. The average molecular weight is 235 g/mol. The summed E-state index contributed by atoms with van der Waals surface area (Å²) in [7, 11) is 1.14. The van der Waals surface area contributed by atoms with Gasteiger partial charge in [0.1, 0.15) is 30.5 Å². The van der Waals surface area contributed by atoms with Crippen molar-refractivity contribution in [1.82, 2.24) is 0 Å². The fourth-order valence-corrected chi connectivity index (χ4v) is 1.64. The van der Waals surface area contributed by atoms with Crippen molar-refractivity contribution in [3.63, 3.8) is 0 Å². The Hall–Kier alpha value is -0.730. The zero-order valence-corrected chi connectivity index (χ0v) is 9.11. The molecule has 0 aromatic rings. The molecule has 16 heavy (non-hydrogen) atoms. The van der Waals surface area contributed by atoms with Gasteiger partial charge in [-0.05, 0) is 6.92 Å². The molecule has 1 heterocycles. The third kappa shape index (κ3) is 2.33. The first-order valence-corrected chi connectivity index (χ1v) is 4.93. The first-order chi connectivity index (χ1) is 7.40. The van der Waals surface area contributed by atoms with Crippen molar-refractivity contribution in [2.24, 2.45) is 5.73 Å². The van der Waals surface area contributed by atoms with Crippen molar-refractivity contribution in [2.75, 3.05) is 7.11 Å². The molecule has 1 rings (SSSR count). The van der Waals surface area contributed by atoms with Gasteiger partial charge in [0, 0.05) is 0 Å². The SMILES string of the molecule is COC(=O)C(N)C(O)[C@H]1O[C@@H](C)C(O)[C@@H]1O. The molecule has 7 nitrogen and oxygen atoms in total. The fraction of sp³-hybridized carbons (Fsp3) is 0.889. The van der Waals surface area contributed by atoms with Crippen LogP contribution < -0.4 is 5.73 Å². The molecule has 0 aliphatic carbocycles. The zero-order valence-electron chi connectivity index (χ0n) is 9.11. The summed E-state index contributed by atoms with van der Waals surface area (Å²) in [6.45, 7) is 1.55. The molecule has 7 heteroatoms. The van der Waals surface area contributed by atoms with Crippen LogP contribution in [0.15, 0.2) is 0 Å². The van der Waals surface area contributed by atoms with E-state index < -0.39 is 42.5 Å². The van der Waals surface area contributed by atoms with E-state index >= 15 is 0 Å². The molecule has 0 radical (unpaired) electrons. The van der Waals surface area contributed by atoms with Crippen LogP contribution in [0.25, 0.3) is 0 Å². The highest BCUT2D eigenvalue weighted by Crippen LogP contribution is 2.24. The smallest absolute Gasteiger partial charge is 0.325 e. The highest BCUT2D eigenvalue weighted by Gasteiger charge is 2.46. The Morgan fingerprint density at radius 1 is 1.44 bits per heavy atom. The summed E-state index contributed by atoms with van der Waals surface area (Å²) < 4.78 is 9.48. The predicted octanol–water partition coefficient (Wildman–Crippen LogP) is -2.64. The molecule has 3 unspecified atom stereocenters. The summed E-state index contributed by atoms with van der Waals surface area (Å²) >= 11 is 0. The number of carbonyl (C=O) groups is 1. The summed E-state index contributed by atoms with van der Waals surface area (Å²) in [5, 5.41) is 28.7. The second-order valence-electron chi connectivity index (χ2n) is 3.83. The largest absolute Gasteiger partial charge is 0.468 e. The highest BCUT2D eigenvalue weighted by atomic mass is 16.6. The number of hydrogen-bond donors (Lipinski definition) is 4. The van der Waals surface area contributed by atoms with Gasteiger partial charge in [-0.25, -0.2) is 0 Å².